The standard InChI is InChI=1S/C10H12N4O/c11-15-7-10(2-3-10)8-6-9-12-4-1-5-14(9)13-8/h1,4-6H,2-3,7,11H2. The first-order valence-electron chi connectivity index (χ1n) is 4.97. The normalized spacial score (nSPS) is 18.2. The summed E-state index contributed by atoms with van der Waals surface area (Å²) in [5, 5.41) is 4.48. The van der Waals surface area contributed by atoms with Crippen molar-refractivity contribution >= 4 is 5.65 Å². The lowest BCUT2D eigenvalue weighted by atomic mass is 10.0. The lowest BCUT2D eigenvalue weighted by Gasteiger charge is -2.08. The Labute approximate surface area is 86.8 Å². The zero-order valence-corrected chi connectivity index (χ0v) is 8.26. The fourth-order valence-corrected chi connectivity index (χ4v) is 1.87. The van der Waals surface area contributed by atoms with Crippen molar-refractivity contribution in [1.29, 1.82) is 0 Å². The summed E-state index contributed by atoms with van der Waals surface area (Å²) < 4.78 is 1.78. The van der Waals surface area contributed by atoms with E-state index in [0.29, 0.717) is 6.61 Å². The predicted octanol–water partition coefficient (Wildman–Crippen LogP) is 0.651. The van der Waals surface area contributed by atoms with E-state index >= 15 is 0 Å². The number of aromatic nitrogens is 3. The van der Waals surface area contributed by atoms with E-state index in [2.05, 4.69) is 10.1 Å². The molecule has 0 spiro atoms. The monoisotopic (exact) mass is 204 g/mol. The molecule has 0 radical (unpaired) electrons. The van der Waals surface area contributed by atoms with Crippen molar-refractivity contribution in [2.75, 3.05) is 6.61 Å². The highest BCUT2D eigenvalue weighted by molar-refractivity contribution is 5.42. The molecule has 78 valence electrons. The minimum absolute atomic E-state index is 0.0441. The molecule has 15 heavy (non-hydrogen) atoms. The quantitative estimate of drug-likeness (QED) is 0.745. The van der Waals surface area contributed by atoms with Gasteiger partial charge in [-0.3, -0.25) is 0 Å². The molecule has 2 heterocycles. The minimum Gasteiger partial charge on any atom is -0.304 e. The Morgan fingerprint density at radius 1 is 1.53 bits per heavy atom. The smallest absolute Gasteiger partial charge is 0.155 e. The zero-order valence-electron chi connectivity index (χ0n) is 8.26. The van der Waals surface area contributed by atoms with Crippen molar-refractivity contribution in [1.82, 2.24) is 14.6 Å². The van der Waals surface area contributed by atoms with Gasteiger partial charge in [0.05, 0.1) is 12.3 Å². The van der Waals surface area contributed by atoms with Crippen molar-refractivity contribution in [3.8, 4) is 0 Å². The van der Waals surface area contributed by atoms with Gasteiger partial charge in [0.15, 0.2) is 5.65 Å². The molecule has 0 amide bonds. The summed E-state index contributed by atoms with van der Waals surface area (Å²) in [4.78, 5) is 8.98. The van der Waals surface area contributed by atoms with Crippen molar-refractivity contribution in [3.05, 3.63) is 30.2 Å². The van der Waals surface area contributed by atoms with E-state index in [-0.39, 0.29) is 5.41 Å². The first-order valence-corrected chi connectivity index (χ1v) is 4.97. The predicted molar refractivity (Wildman–Crippen MR) is 54.0 cm³/mol. The van der Waals surface area contributed by atoms with Gasteiger partial charge in [-0.2, -0.15) is 5.10 Å². The van der Waals surface area contributed by atoms with Gasteiger partial charge < -0.3 is 4.84 Å². The summed E-state index contributed by atoms with van der Waals surface area (Å²) in [5.74, 6) is 5.14. The molecule has 1 aliphatic carbocycles. The van der Waals surface area contributed by atoms with Gasteiger partial charge in [0.2, 0.25) is 0 Å². The molecule has 2 aromatic rings. The summed E-state index contributed by atoms with van der Waals surface area (Å²) in [6.45, 7) is 0.539. The van der Waals surface area contributed by atoms with E-state index in [1.807, 2.05) is 18.3 Å². The lowest BCUT2D eigenvalue weighted by Crippen LogP contribution is -2.18. The molecule has 0 aliphatic heterocycles. The van der Waals surface area contributed by atoms with Crippen LogP contribution in [-0.2, 0) is 10.3 Å². The Balaban J connectivity index is 2.05. The Morgan fingerprint density at radius 2 is 2.40 bits per heavy atom. The van der Waals surface area contributed by atoms with Crippen LogP contribution in [0, 0.1) is 0 Å². The van der Waals surface area contributed by atoms with Crippen LogP contribution in [0.2, 0.25) is 0 Å². The van der Waals surface area contributed by atoms with Gasteiger partial charge in [-0.1, -0.05) is 0 Å². The van der Waals surface area contributed by atoms with Crippen molar-refractivity contribution < 1.29 is 4.84 Å². The van der Waals surface area contributed by atoms with Gasteiger partial charge in [-0.05, 0) is 18.9 Å². The van der Waals surface area contributed by atoms with Crippen LogP contribution in [0.5, 0.6) is 0 Å². The average molecular weight is 204 g/mol. The van der Waals surface area contributed by atoms with E-state index in [4.69, 9.17) is 10.7 Å². The van der Waals surface area contributed by atoms with E-state index < -0.39 is 0 Å². The van der Waals surface area contributed by atoms with E-state index in [9.17, 15) is 0 Å². The molecule has 1 fully saturated rings. The number of hydrogen-bond donors (Lipinski definition) is 1. The number of rotatable bonds is 3. The summed E-state index contributed by atoms with van der Waals surface area (Å²) in [6.07, 6.45) is 5.84. The maximum Gasteiger partial charge on any atom is 0.155 e. The maximum atomic E-state index is 5.14. The summed E-state index contributed by atoms with van der Waals surface area (Å²) >= 11 is 0. The summed E-state index contributed by atoms with van der Waals surface area (Å²) in [5.41, 5.74) is 1.95. The SMILES string of the molecule is NOCC1(c2cc3ncccn3n2)CC1. The van der Waals surface area contributed by atoms with Crippen LogP contribution in [0.1, 0.15) is 18.5 Å². The van der Waals surface area contributed by atoms with Gasteiger partial charge in [-0.25, -0.2) is 15.4 Å². The molecule has 1 saturated carbocycles. The molecule has 5 nitrogen and oxygen atoms in total. The molecule has 0 aromatic carbocycles. The molecule has 0 bridgehead atoms. The first-order chi connectivity index (χ1) is 7.34. The second-order valence-corrected chi connectivity index (χ2v) is 4.04. The van der Waals surface area contributed by atoms with Gasteiger partial charge in [0.1, 0.15) is 0 Å². The van der Waals surface area contributed by atoms with Crippen LogP contribution in [-0.4, -0.2) is 21.2 Å². The molecule has 2 N–H and O–H groups in total. The molecule has 3 rings (SSSR count). The second-order valence-electron chi connectivity index (χ2n) is 4.04. The fourth-order valence-electron chi connectivity index (χ4n) is 1.87. The molecule has 0 atom stereocenters. The number of nitrogens with two attached hydrogens (primary N) is 1. The molecule has 0 saturated heterocycles. The summed E-state index contributed by atoms with van der Waals surface area (Å²) in [7, 11) is 0. The topological polar surface area (TPSA) is 65.4 Å². The largest absolute Gasteiger partial charge is 0.304 e. The zero-order chi connectivity index (χ0) is 10.3. The van der Waals surface area contributed by atoms with Gasteiger partial charge in [0.25, 0.3) is 0 Å². The van der Waals surface area contributed by atoms with E-state index in [0.717, 1.165) is 24.2 Å². The fraction of sp³-hybridized carbons (Fsp3) is 0.400. The maximum absolute atomic E-state index is 5.14. The molecule has 5 heteroatoms. The van der Waals surface area contributed by atoms with Crippen molar-refractivity contribution in [2.45, 2.75) is 18.3 Å². The third kappa shape index (κ3) is 1.32. The number of hydrogen-bond acceptors (Lipinski definition) is 4. The van der Waals surface area contributed by atoms with Crippen LogP contribution in [0.4, 0.5) is 0 Å². The molecule has 0 unspecified atom stereocenters. The summed E-state index contributed by atoms with van der Waals surface area (Å²) in [6, 6.07) is 3.87. The van der Waals surface area contributed by atoms with Crippen LogP contribution < -0.4 is 5.90 Å². The van der Waals surface area contributed by atoms with Crippen LogP contribution in [0.15, 0.2) is 24.5 Å². The highest BCUT2D eigenvalue weighted by Crippen LogP contribution is 2.47. The highest BCUT2D eigenvalue weighted by atomic mass is 16.6. The van der Waals surface area contributed by atoms with E-state index in [1.54, 1.807) is 10.7 Å². The average Bonchev–Trinajstić information content (AvgIpc) is 2.91. The van der Waals surface area contributed by atoms with Gasteiger partial charge in [0, 0.05) is 23.9 Å². The molecule has 2 aromatic heterocycles. The Kier molecular flexibility index (Phi) is 1.77. The molecular weight excluding hydrogens is 192 g/mol. The Bertz CT molecular complexity index is 456. The lowest BCUT2D eigenvalue weighted by molar-refractivity contribution is 0.115. The van der Waals surface area contributed by atoms with Crippen LogP contribution in [0.3, 0.4) is 0 Å². The van der Waals surface area contributed by atoms with Gasteiger partial charge in [-0.15, -0.1) is 0 Å². The van der Waals surface area contributed by atoms with Gasteiger partial charge >= 0.3 is 0 Å². The van der Waals surface area contributed by atoms with Crippen LogP contribution in [0.25, 0.3) is 5.65 Å². The van der Waals surface area contributed by atoms with Crippen molar-refractivity contribution in [3.63, 3.8) is 0 Å². The minimum atomic E-state index is 0.0441. The van der Waals surface area contributed by atoms with Crippen LogP contribution >= 0.6 is 0 Å². The third-order valence-corrected chi connectivity index (χ3v) is 2.99. The first kappa shape index (κ1) is 8.82. The molecule has 1 aliphatic rings. The Hall–Kier alpha value is -1.46. The van der Waals surface area contributed by atoms with E-state index in [1.165, 1.54) is 0 Å². The highest BCUT2D eigenvalue weighted by Gasteiger charge is 2.46. The Morgan fingerprint density at radius 3 is 3.07 bits per heavy atom. The molecular formula is C10H12N4O. The van der Waals surface area contributed by atoms with Crippen molar-refractivity contribution in [2.24, 2.45) is 5.90 Å². The number of nitrogens with zero attached hydrogens (tertiary/aromatic N) is 3. The second kappa shape index (κ2) is 3.01. The number of fused-ring (bicyclic) bond motifs is 1. The third-order valence-electron chi connectivity index (χ3n) is 2.99.